The third-order valence-corrected chi connectivity index (χ3v) is 5.86. The van der Waals surface area contributed by atoms with Crippen molar-refractivity contribution in [2.45, 2.75) is 18.6 Å². The van der Waals surface area contributed by atoms with Gasteiger partial charge in [0.1, 0.15) is 21.5 Å². The molecule has 9 nitrogen and oxygen atoms in total. The summed E-state index contributed by atoms with van der Waals surface area (Å²) in [5, 5.41) is 7.92. The maximum absolute atomic E-state index is 13.6. The zero-order chi connectivity index (χ0) is 24.8. The number of aromatic nitrogens is 2. The Balaban J connectivity index is 1.65. The fourth-order valence-corrected chi connectivity index (χ4v) is 3.89. The van der Waals surface area contributed by atoms with Crippen molar-refractivity contribution in [3.8, 4) is 22.1 Å². The molecular formula is C20H21F3N3O6PS. The van der Waals surface area contributed by atoms with Crippen LogP contribution in [0.1, 0.15) is 23.0 Å². The predicted octanol–water partition coefficient (Wildman–Crippen LogP) is 4.18. The van der Waals surface area contributed by atoms with Crippen LogP contribution in [0.2, 0.25) is 0 Å². The van der Waals surface area contributed by atoms with E-state index >= 15 is 0 Å². The third-order valence-electron chi connectivity index (χ3n) is 4.27. The van der Waals surface area contributed by atoms with E-state index in [1.54, 1.807) is 12.1 Å². The van der Waals surface area contributed by atoms with Gasteiger partial charge in [0.25, 0.3) is 0 Å². The average Bonchev–Trinajstić information content (AvgIpc) is 3.27. The van der Waals surface area contributed by atoms with E-state index in [1.807, 2.05) is 18.2 Å². The summed E-state index contributed by atoms with van der Waals surface area (Å²) < 4.78 is 66.9. The van der Waals surface area contributed by atoms with Crippen LogP contribution >= 0.6 is 19.2 Å². The molecule has 1 aromatic heterocycles. The Labute approximate surface area is 196 Å². The lowest BCUT2D eigenvalue weighted by Crippen LogP contribution is -2.16. The molecule has 0 radical (unpaired) electrons. The quantitative estimate of drug-likeness (QED) is 0.252. The Hall–Kier alpha value is -2.54. The minimum absolute atomic E-state index is 0.0205. The smallest absolute Gasteiger partial charge is 0.469 e. The van der Waals surface area contributed by atoms with E-state index in [4.69, 9.17) is 25.0 Å². The van der Waals surface area contributed by atoms with Gasteiger partial charge in [-0.1, -0.05) is 29.5 Å². The fraction of sp³-hybridized carbons (Fsp3) is 0.300. The molecule has 0 bridgehead atoms. The molecule has 1 heterocycles. The van der Waals surface area contributed by atoms with E-state index in [0.29, 0.717) is 12.2 Å². The first-order valence-electron chi connectivity index (χ1n) is 9.84. The third kappa shape index (κ3) is 7.76. The average molecular weight is 519 g/mol. The lowest BCUT2D eigenvalue weighted by atomic mass is 10.1. The monoisotopic (exact) mass is 519 g/mol. The number of halogens is 3. The second-order valence-electron chi connectivity index (χ2n) is 6.91. The maximum Gasteiger partial charge on any atom is 0.469 e. The molecule has 34 heavy (non-hydrogen) atoms. The molecule has 4 N–H and O–H groups in total. The van der Waals surface area contributed by atoms with Gasteiger partial charge in [0.15, 0.2) is 0 Å². The summed E-state index contributed by atoms with van der Waals surface area (Å²) in [4.78, 5) is 17.5. The van der Waals surface area contributed by atoms with Crippen molar-refractivity contribution in [1.82, 2.24) is 10.2 Å². The minimum atomic E-state index is -4.72. The second-order valence-corrected chi connectivity index (χ2v) is 9.16. The Morgan fingerprint density at radius 1 is 1.06 bits per heavy atom. The predicted molar refractivity (Wildman–Crippen MR) is 117 cm³/mol. The molecule has 14 heteroatoms. The molecule has 0 fully saturated rings. The molecule has 0 aliphatic heterocycles. The SMILES string of the molecule is NC(COP(=O)(O)O)c1nnc(-c2ccc(OCCCOc3ccccc3)c(C(F)(F)F)c2)s1. The van der Waals surface area contributed by atoms with Crippen molar-refractivity contribution in [2.24, 2.45) is 5.73 Å². The number of ether oxygens (including phenoxy) is 2. The number of alkyl halides is 3. The number of hydrogen-bond acceptors (Lipinski definition) is 8. The molecule has 0 aliphatic rings. The summed E-state index contributed by atoms with van der Waals surface area (Å²) in [6.45, 7) is -0.233. The maximum atomic E-state index is 13.6. The normalized spacial score (nSPS) is 13.0. The molecule has 3 aromatic rings. The number of hydrogen-bond donors (Lipinski definition) is 3. The Bertz CT molecular complexity index is 1130. The van der Waals surface area contributed by atoms with Gasteiger partial charge in [-0.3, -0.25) is 4.52 Å². The van der Waals surface area contributed by atoms with Gasteiger partial charge in [-0.2, -0.15) is 13.2 Å². The molecule has 1 unspecified atom stereocenters. The van der Waals surface area contributed by atoms with Gasteiger partial charge in [-0.15, -0.1) is 10.2 Å². The van der Waals surface area contributed by atoms with Crippen LogP contribution in [0, 0.1) is 0 Å². The van der Waals surface area contributed by atoms with Gasteiger partial charge in [0.2, 0.25) is 0 Å². The van der Waals surface area contributed by atoms with E-state index in [2.05, 4.69) is 14.7 Å². The zero-order valence-corrected chi connectivity index (χ0v) is 19.2. The lowest BCUT2D eigenvalue weighted by molar-refractivity contribution is -0.138. The van der Waals surface area contributed by atoms with E-state index in [9.17, 15) is 17.7 Å². The van der Waals surface area contributed by atoms with E-state index in [-0.39, 0.29) is 34.5 Å². The van der Waals surface area contributed by atoms with Gasteiger partial charge < -0.3 is 25.0 Å². The van der Waals surface area contributed by atoms with Gasteiger partial charge in [-0.05, 0) is 30.3 Å². The molecule has 3 rings (SSSR count). The summed E-state index contributed by atoms with van der Waals surface area (Å²) in [5.41, 5.74) is 4.93. The first-order valence-corrected chi connectivity index (χ1v) is 12.2. The molecule has 0 aliphatic carbocycles. The van der Waals surface area contributed by atoms with E-state index in [0.717, 1.165) is 17.4 Å². The van der Waals surface area contributed by atoms with Crippen molar-refractivity contribution in [2.75, 3.05) is 19.8 Å². The minimum Gasteiger partial charge on any atom is -0.493 e. The van der Waals surface area contributed by atoms with Gasteiger partial charge >= 0.3 is 14.0 Å². The number of rotatable bonds is 11. The first kappa shape index (κ1) is 26.1. The largest absolute Gasteiger partial charge is 0.493 e. The van der Waals surface area contributed by atoms with Crippen molar-refractivity contribution in [3.63, 3.8) is 0 Å². The Kier molecular flexibility index (Phi) is 8.63. The van der Waals surface area contributed by atoms with E-state index in [1.165, 1.54) is 12.1 Å². The van der Waals surface area contributed by atoms with Crippen molar-refractivity contribution in [3.05, 3.63) is 59.1 Å². The van der Waals surface area contributed by atoms with Gasteiger partial charge in [-0.25, -0.2) is 4.57 Å². The first-order chi connectivity index (χ1) is 16.0. The van der Waals surface area contributed by atoms with Crippen LogP contribution in [0.3, 0.4) is 0 Å². The Morgan fingerprint density at radius 2 is 1.76 bits per heavy atom. The standard InChI is InChI=1S/C20H21F3N3O6PS/c21-20(22,23)15-11-13(18-25-26-19(34-18)16(24)12-32-33(27,28)29)7-8-17(15)31-10-4-9-30-14-5-2-1-3-6-14/h1-3,5-8,11,16H,4,9-10,12,24H2,(H2,27,28,29). The van der Waals surface area contributed by atoms with Crippen LogP contribution in [0.25, 0.3) is 10.6 Å². The molecule has 2 aromatic carbocycles. The van der Waals surface area contributed by atoms with Crippen molar-refractivity contribution in [1.29, 1.82) is 0 Å². The number of nitrogens with zero attached hydrogens (tertiary/aromatic N) is 2. The molecule has 0 amide bonds. The summed E-state index contributed by atoms with van der Waals surface area (Å²) >= 11 is 0.887. The fourth-order valence-electron chi connectivity index (χ4n) is 2.71. The molecule has 1 atom stereocenters. The summed E-state index contributed by atoms with van der Waals surface area (Å²) in [5.74, 6) is 0.333. The van der Waals surface area contributed by atoms with Gasteiger partial charge in [0.05, 0.1) is 31.4 Å². The van der Waals surface area contributed by atoms with Crippen LogP contribution in [0.5, 0.6) is 11.5 Å². The number of nitrogens with two attached hydrogens (primary N) is 1. The van der Waals surface area contributed by atoms with Crippen molar-refractivity contribution >= 4 is 19.2 Å². The van der Waals surface area contributed by atoms with Crippen LogP contribution in [0.4, 0.5) is 13.2 Å². The zero-order valence-electron chi connectivity index (χ0n) is 17.5. The molecular weight excluding hydrogens is 498 g/mol. The summed E-state index contributed by atoms with van der Waals surface area (Å²) in [6.07, 6.45) is -4.30. The van der Waals surface area contributed by atoms with Crippen LogP contribution in [-0.4, -0.2) is 39.8 Å². The highest BCUT2D eigenvalue weighted by atomic mass is 32.1. The molecule has 0 spiro atoms. The summed E-state index contributed by atoms with van der Waals surface area (Å²) in [6, 6.07) is 11.5. The number of phosphoric ester groups is 1. The lowest BCUT2D eigenvalue weighted by Gasteiger charge is -2.15. The highest BCUT2D eigenvalue weighted by Gasteiger charge is 2.35. The molecule has 184 valence electrons. The van der Waals surface area contributed by atoms with Crippen LogP contribution in [0.15, 0.2) is 48.5 Å². The van der Waals surface area contributed by atoms with Gasteiger partial charge in [0, 0.05) is 12.0 Å². The highest BCUT2D eigenvalue weighted by Crippen LogP contribution is 2.40. The van der Waals surface area contributed by atoms with E-state index < -0.39 is 32.2 Å². The van der Waals surface area contributed by atoms with Crippen LogP contribution < -0.4 is 15.2 Å². The number of phosphoric acid groups is 1. The Morgan fingerprint density at radius 3 is 2.44 bits per heavy atom. The topological polar surface area (TPSA) is 137 Å². The number of benzene rings is 2. The summed E-state index contributed by atoms with van der Waals surface area (Å²) in [7, 11) is -4.72. The van der Waals surface area contributed by atoms with Crippen molar-refractivity contribution < 1.29 is 41.5 Å². The highest BCUT2D eigenvalue weighted by molar-refractivity contribution is 7.46. The number of para-hydroxylation sites is 1. The molecule has 0 saturated heterocycles. The molecule has 0 saturated carbocycles. The van der Waals surface area contributed by atoms with Crippen LogP contribution in [-0.2, 0) is 15.3 Å². The second kappa shape index (κ2) is 11.3.